The summed E-state index contributed by atoms with van der Waals surface area (Å²) in [5.41, 5.74) is 9.78. The molecule has 1 aliphatic carbocycles. The van der Waals surface area contributed by atoms with Crippen LogP contribution in [0, 0.1) is 5.92 Å². The van der Waals surface area contributed by atoms with E-state index >= 15 is 0 Å². The molecule has 1 atom stereocenters. The molecule has 0 saturated carbocycles. The molecule has 0 radical (unpaired) electrons. The Kier molecular flexibility index (Phi) is 2.01. The van der Waals surface area contributed by atoms with Crippen LogP contribution in [0.1, 0.15) is 20.3 Å². The zero-order chi connectivity index (χ0) is 8.43. The quantitative estimate of drug-likeness (QED) is 0.378. The molecule has 0 aromatic rings. The summed E-state index contributed by atoms with van der Waals surface area (Å²) in [6.07, 6.45) is 2.33. The number of carbonyl (C=O) groups is 1. The monoisotopic (exact) mass is 150 g/mol. The van der Waals surface area contributed by atoms with Gasteiger partial charge in [0.05, 0.1) is 5.92 Å². The van der Waals surface area contributed by atoms with Crippen LogP contribution in [0.15, 0.2) is 11.6 Å². The van der Waals surface area contributed by atoms with E-state index in [0.717, 1.165) is 12.0 Å². The lowest BCUT2D eigenvalue weighted by molar-refractivity contribution is -0.114. The lowest BCUT2D eigenvalue weighted by Crippen LogP contribution is -2.25. The van der Waals surface area contributed by atoms with E-state index in [1.54, 1.807) is 0 Å². The normalized spacial score (nSPS) is 24.5. The van der Waals surface area contributed by atoms with Crippen molar-refractivity contribution in [3.05, 3.63) is 17.2 Å². The van der Waals surface area contributed by atoms with Crippen molar-refractivity contribution in [1.29, 1.82) is 0 Å². The molecule has 0 spiro atoms. The summed E-state index contributed by atoms with van der Waals surface area (Å²) in [5, 5.41) is 0. The Morgan fingerprint density at radius 2 is 2.36 bits per heavy atom. The second-order valence-electron chi connectivity index (χ2n) is 2.95. The fourth-order valence-corrected chi connectivity index (χ4v) is 1.33. The predicted octanol–water partition coefficient (Wildman–Crippen LogP) is 1.21. The van der Waals surface area contributed by atoms with Crippen LogP contribution in [-0.2, 0) is 4.79 Å². The summed E-state index contributed by atoms with van der Waals surface area (Å²) in [6, 6.07) is 0. The zero-order valence-electron chi connectivity index (χ0n) is 6.66. The molecule has 0 fully saturated rings. The van der Waals surface area contributed by atoms with Gasteiger partial charge in [-0.2, -0.15) is 4.79 Å². The predicted molar refractivity (Wildman–Crippen MR) is 41.2 cm³/mol. The summed E-state index contributed by atoms with van der Waals surface area (Å²) in [5.74, 6) is -0.110. The Morgan fingerprint density at radius 1 is 1.73 bits per heavy atom. The maximum absolute atomic E-state index is 11.1. The van der Waals surface area contributed by atoms with Gasteiger partial charge in [-0.05, 0) is 19.4 Å². The molecule has 0 N–H and O–H groups in total. The first-order valence-corrected chi connectivity index (χ1v) is 3.58. The summed E-state index contributed by atoms with van der Waals surface area (Å²) in [7, 11) is 0. The van der Waals surface area contributed by atoms with Crippen LogP contribution in [0.4, 0.5) is 0 Å². The minimum atomic E-state index is -0.163. The van der Waals surface area contributed by atoms with Gasteiger partial charge in [0, 0.05) is 0 Å². The van der Waals surface area contributed by atoms with Crippen LogP contribution >= 0.6 is 0 Å². The Morgan fingerprint density at radius 3 is 2.82 bits per heavy atom. The lowest BCUT2D eigenvalue weighted by atomic mass is 9.88. The number of hydrogen-bond acceptors (Lipinski definition) is 1. The van der Waals surface area contributed by atoms with Crippen LogP contribution in [0.5, 0.6) is 0 Å². The van der Waals surface area contributed by atoms with E-state index in [1.165, 1.54) is 6.08 Å². The maximum Gasteiger partial charge on any atom is 0.341 e. The first-order valence-electron chi connectivity index (χ1n) is 3.58. The van der Waals surface area contributed by atoms with Crippen LogP contribution in [0.25, 0.3) is 5.53 Å². The van der Waals surface area contributed by atoms with Gasteiger partial charge >= 0.3 is 5.71 Å². The topological polar surface area (TPSA) is 53.5 Å². The minimum Gasteiger partial charge on any atom is -0.361 e. The molecule has 0 aromatic heterocycles. The SMILES string of the molecule is CC1=CC(=O)C(=[N+]=[N-])C(C)C1. The van der Waals surface area contributed by atoms with Crippen molar-refractivity contribution in [3.8, 4) is 0 Å². The van der Waals surface area contributed by atoms with Gasteiger partial charge in [0.25, 0.3) is 5.78 Å². The van der Waals surface area contributed by atoms with E-state index in [9.17, 15) is 4.79 Å². The molecule has 0 amide bonds. The van der Waals surface area contributed by atoms with Crippen molar-refractivity contribution < 1.29 is 9.58 Å². The first kappa shape index (κ1) is 7.89. The van der Waals surface area contributed by atoms with Crippen molar-refractivity contribution in [2.75, 3.05) is 0 Å². The van der Waals surface area contributed by atoms with Gasteiger partial charge in [0.1, 0.15) is 0 Å². The highest BCUT2D eigenvalue weighted by Gasteiger charge is 2.29. The molecule has 1 unspecified atom stereocenters. The molecule has 0 heterocycles. The van der Waals surface area contributed by atoms with E-state index in [0.29, 0.717) is 0 Å². The van der Waals surface area contributed by atoms with Crippen molar-refractivity contribution in [2.24, 2.45) is 5.92 Å². The standard InChI is InChI=1S/C8H10N2O/c1-5-3-6(2)8(10-9)7(11)4-5/h4,6H,3H2,1-2H3. The van der Waals surface area contributed by atoms with Gasteiger partial charge < -0.3 is 5.53 Å². The third kappa shape index (κ3) is 1.44. The Hall–Kier alpha value is -1.21. The van der Waals surface area contributed by atoms with E-state index in [-0.39, 0.29) is 17.4 Å². The summed E-state index contributed by atoms with van der Waals surface area (Å²) < 4.78 is 0. The number of rotatable bonds is 0. The average molecular weight is 150 g/mol. The summed E-state index contributed by atoms with van der Waals surface area (Å²) >= 11 is 0. The van der Waals surface area contributed by atoms with Gasteiger partial charge in [-0.1, -0.05) is 12.5 Å². The van der Waals surface area contributed by atoms with Crippen LogP contribution in [0.2, 0.25) is 0 Å². The third-order valence-corrected chi connectivity index (χ3v) is 1.83. The highest BCUT2D eigenvalue weighted by molar-refractivity contribution is 6.43. The number of hydrogen-bond donors (Lipinski definition) is 0. The fourth-order valence-electron chi connectivity index (χ4n) is 1.33. The average Bonchev–Trinajstić information content (AvgIpc) is 1.85. The molecule has 58 valence electrons. The lowest BCUT2D eigenvalue weighted by Gasteiger charge is -2.10. The molecule has 0 aliphatic heterocycles. The Bertz CT molecular complexity index is 272. The minimum absolute atomic E-state index is 0.0532. The Balaban J connectivity index is 3.05. The van der Waals surface area contributed by atoms with E-state index in [1.807, 2.05) is 13.8 Å². The second-order valence-corrected chi connectivity index (χ2v) is 2.95. The first-order chi connectivity index (χ1) is 5.15. The van der Waals surface area contributed by atoms with Crippen LogP contribution < -0.4 is 0 Å². The van der Waals surface area contributed by atoms with Crippen molar-refractivity contribution >= 4 is 11.5 Å². The molecule has 3 heteroatoms. The Labute approximate surface area is 65.3 Å². The third-order valence-electron chi connectivity index (χ3n) is 1.83. The van der Waals surface area contributed by atoms with Gasteiger partial charge in [0.15, 0.2) is 0 Å². The molecule has 11 heavy (non-hydrogen) atoms. The number of nitrogens with zero attached hydrogens (tertiary/aromatic N) is 2. The fraction of sp³-hybridized carbons (Fsp3) is 0.500. The smallest absolute Gasteiger partial charge is 0.341 e. The van der Waals surface area contributed by atoms with E-state index in [2.05, 4.69) is 4.79 Å². The molecular formula is C8H10N2O. The number of ketones is 1. The largest absolute Gasteiger partial charge is 0.361 e. The molecular weight excluding hydrogens is 140 g/mol. The van der Waals surface area contributed by atoms with Crippen LogP contribution in [0.3, 0.4) is 0 Å². The summed E-state index contributed by atoms with van der Waals surface area (Å²) in [6.45, 7) is 3.78. The molecule has 1 aliphatic rings. The summed E-state index contributed by atoms with van der Waals surface area (Å²) in [4.78, 5) is 14.0. The van der Waals surface area contributed by atoms with Gasteiger partial charge in [0.2, 0.25) is 0 Å². The van der Waals surface area contributed by atoms with Gasteiger partial charge in [-0.25, -0.2) is 0 Å². The van der Waals surface area contributed by atoms with E-state index in [4.69, 9.17) is 5.53 Å². The van der Waals surface area contributed by atoms with Gasteiger partial charge in [-0.3, -0.25) is 4.79 Å². The molecule has 0 saturated heterocycles. The molecule has 0 bridgehead atoms. The van der Waals surface area contributed by atoms with Crippen molar-refractivity contribution in [3.63, 3.8) is 0 Å². The van der Waals surface area contributed by atoms with Gasteiger partial charge in [-0.15, -0.1) is 0 Å². The number of allylic oxidation sites excluding steroid dienone is 2. The molecule has 0 aromatic carbocycles. The maximum atomic E-state index is 11.1. The number of carbonyl (C=O) groups excluding carboxylic acids is 1. The van der Waals surface area contributed by atoms with Crippen LogP contribution in [-0.4, -0.2) is 16.3 Å². The highest BCUT2D eigenvalue weighted by Crippen LogP contribution is 2.17. The van der Waals surface area contributed by atoms with E-state index < -0.39 is 0 Å². The second kappa shape index (κ2) is 2.81. The van der Waals surface area contributed by atoms with Crippen molar-refractivity contribution in [2.45, 2.75) is 20.3 Å². The molecule has 1 rings (SSSR count). The van der Waals surface area contributed by atoms with Crippen molar-refractivity contribution in [1.82, 2.24) is 0 Å². The molecule has 3 nitrogen and oxygen atoms in total. The zero-order valence-corrected chi connectivity index (χ0v) is 6.66. The highest BCUT2D eigenvalue weighted by atomic mass is 16.1.